The van der Waals surface area contributed by atoms with Crippen LogP contribution in [0.4, 0.5) is 0 Å². The van der Waals surface area contributed by atoms with Crippen LogP contribution in [0.1, 0.15) is 29.0 Å². The van der Waals surface area contributed by atoms with Gasteiger partial charge in [0.2, 0.25) is 10.0 Å². The Bertz CT molecular complexity index is 502. The van der Waals surface area contributed by atoms with Crippen molar-refractivity contribution in [1.82, 2.24) is 4.31 Å². The fraction of sp³-hybridized carbons (Fsp3) is 0.538. The Balaban J connectivity index is 2.21. The normalized spacial score (nSPS) is 21.9. The Morgan fingerprint density at radius 1 is 1.18 bits per heavy atom. The number of aryl methyl sites for hydroxylation is 2. The molecule has 17 heavy (non-hydrogen) atoms. The van der Waals surface area contributed by atoms with E-state index in [1.165, 1.54) is 22.9 Å². The zero-order valence-electron chi connectivity index (χ0n) is 10.6. The average Bonchev–Trinajstić information content (AvgIpc) is 2.63. The van der Waals surface area contributed by atoms with Crippen LogP contribution in [0.3, 0.4) is 0 Å². The highest BCUT2D eigenvalue weighted by molar-refractivity contribution is 7.88. The summed E-state index contributed by atoms with van der Waals surface area (Å²) in [6.07, 6.45) is 2.22. The summed E-state index contributed by atoms with van der Waals surface area (Å²) in [4.78, 5) is 0. The van der Waals surface area contributed by atoms with Gasteiger partial charge < -0.3 is 0 Å². The van der Waals surface area contributed by atoms with Crippen molar-refractivity contribution in [2.75, 3.05) is 19.3 Å². The predicted molar refractivity (Wildman–Crippen MR) is 69.7 cm³/mol. The molecule has 0 radical (unpaired) electrons. The summed E-state index contributed by atoms with van der Waals surface area (Å²) in [5, 5.41) is 0. The molecule has 2 rings (SSSR count). The molecule has 1 saturated heterocycles. The van der Waals surface area contributed by atoms with Gasteiger partial charge in [0, 0.05) is 13.1 Å². The summed E-state index contributed by atoms with van der Waals surface area (Å²) in [7, 11) is -3.03. The average molecular weight is 253 g/mol. The minimum absolute atomic E-state index is 0.350. The SMILES string of the molecule is Cc1cc(C)cc(C2CCN(S(C)(=O)=O)C2)c1. The van der Waals surface area contributed by atoms with E-state index in [1.807, 2.05) is 0 Å². The molecule has 1 aliphatic heterocycles. The number of benzene rings is 1. The van der Waals surface area contributed by atoms with Gasteiger partial charge in [0.25, 0.3) is 0 Å². The molecule has 1 aromatic rings. The van der Waals surface area contributed by atoms with E-state index >= 15 is 0 Å². The lowest BCUT2D eigenvalue weighted by molar-refractivity contribution is 0.478. The summed E-state index contributed by atoms with van der Waals surface area (Å²) < 4.78 is 24.5. The fourth-order valence-corrected chi connectivity index (χ4v) is 3.43. The van der Waals surface area contributed by atoms with Crippen molar-refractivity contribution in [3.63, 3.8) is 0 Å². The van der Waals surface area contributed by atoms with E-state index in [2.05, 4.69) is 32.0 Å². The van der Waals surface area contributed by atoms with Gasteiger partial charge in [-0.3, -0.25) is 0 Å². The summed E-state index contributed by atoms with van der Waals surface area (Å²) in [5.74, 6) is 0.350. The van der Waals surface area contributed by atoms with Gasteiger partial charge in [0.05, 0.1) is 6.26 Å². The van der Waals surface area contributed by atoms with Crippen molar-refractivity contribution in [1.29, 1.82) is 0 Å². The van der Waals surface area contributed by atoms with E-state index in [1.54, 1.807) is 4.31 Å². The van der Waals surface area contributed by atoms with Gasteiger partial charge in [-0.05, 0) is 31.7 Å². The lowest BCUT2D eigenvalue weighted by Crippen LogP contribution is -2.27. The van der Waals surface area contributed by atoms with Crippen LogP contribution in [0.25, 0.3) is 0 Å². The first kappa shape index (κ1) is 12.6. The summed E-state index contributed by atoms with van der Waals surface area (Å²) in [6.45, 7) is 5.44. The highest BCUT2D eigenvalue weighted by atomic mass is 32.2. The summed E-state index contributed by atoms with van der Waals surface area (Å²) in [5.41, 5.74) is 3.77. The molecular weight excluding hydrogens is 234 g/mol. The standard InChI is InChI=1S/C13H19NO2S/c1-10-6-11(2)8-13(7-10)12-4-5-14(9-12)17(3,15)16/h6-8,12H,4-5,9H2,1-3H3. The first-order valence-electron chi connectivity index (χ1n) is 5.89. The molecule has 1 aliphatic rings. The van der Waals surface area contributed by atoms with Gasteiger partial charge in [-0.2, -0.15) is 0 Å². The van der Waals surface area contributed by atoms with Crippen molar-refractivity contribution in [3.8, 4) is 0 Å². The molecule has 3 nitrogen and oxygen atoms in total. The van der Waals surface area contributed by atoms with E-state index in [0.717, 1.165) is 6.42 Å². The molecule has 0 spiro atoms. The first-order valence-corrected chi connectivity index (χ1v) is 7.74. The maximum Gasteiger partial charge on any atom is 0.211 e. The van der Waals surface area contributed by atoms with Gasteiger partial charge in [-0.15, -0.1) is 0 Å². The van der Waals surface area contributed by atoms with Crippen LogP contribution in [0.2, 0.25) is 0 Å². The summed E-state index contributed by atoms with van der Waals surface area (Å²) >= 11 is 0. The van der Waals surface area contributed by atoms with Crippen molar-refractivity contribution >= 4 is 10.0 Å². The van der Waals surface area contributed by atoms with E-state index in [-0.39, 0.29) is 0 Å². The molecule has 4 heteroatoms. The number of hydrogen-bond donors (Lipinski definition) is 0. The Kier molecular flexibility index (Phi) is 3.27. The molecule has 1 aromatic carbocycles. The zero-order valence-corrected chi connectivity index (χ0v) is 11.4. The molecule has 0 amide bonds. The monoisotopic (exact) mass is 253 g/mol. The molecule has 0 aliphatic carbocycles. The molecular formula is C13H19NO2S. The molecule has 1 atom stereocenters. The highest BCUT2D eigenvalue weighted by Crippen LogP contribution is 2.29. The van der Waals surface area contributed by atoms with Crippen LogP contribution in [-0.4, -0.2) is 32.1 Å². The minimum atomic E-state index is -3.03. The molecule has 94 valence electrons. The second kappa shape index (κ2) is 4.42. The van der Waals surface area contributed by atoms with E-state index in [9.17, 15) is 8.42 Å². The third-order valence-corrected chi connectivity index (χ3v) is 4.61. The molecule has 1 heterocycles. The van der Waals surface area contributed by atoms with Gasteiger partial charge in [-0.1, -0.05) is 29.3 Å². The van der Waals surface area contributed by atoms with Crippen molar-refractivity contribution < 1.29 is 8.42 Å². The van der Waals surface area contributed by atoms with E-state index in [4.69, 9.17) is 0 Å². The Hall–Kier alpha value is -0.870. The molecule has 0 N–H and O–H groups in total. The lowest BCUT2D eigenvalue weighted by Gasteiger charge is -2.14. The van der Waals surface area contributed by atoms with Crippen molar-refractivity contribution in [3.05, 3.63) is 34.9 Å². The lowest BCUT2D eigenvalue weighted by atomic mass is 9.95. The first-order chi connectivity index (χ1) is 7.86. The topological polar surface area (TPSA) is 37.4 Å². The van der Waals surface area contributed by atoms with Gasteiger partial charge in [0.1, 0.15) is 0 Å². The van der Waals surface area contributed by atoms with Gasteiger partial charge in [0.15, 0.2) is 0 Å². The largest absolute Gasteiger partial charge is 0.213 e. The van der Waals surface area contributed by atoms with Crippen LogP contribution in [-0.2, 0) is 10.0 Å². The number of sulfonamides is 1. The molecule has 0 aromatic heterocycles. The second-order valence-corrected chi connectivity index (χ2v) is 7.01. The zero-order chi connectivity index (χ0) is 12.6. The molecule has 0 bridgehead atoms. The number of nitrogens with zero attached hydrogens (tertiary/aromatic N) is 1. The maximum absolute atomic E-state index is 11.5. The van der Waals surface area contributed by atoms with Crippen LogP contribution >= 0.6 is 0 Å². The Labute approximate surface area is 104 Å². The highest BCUT2D eigenvalue weighted by Gasteiger charge is 2.29. The van der Waals surface area contributed by atoms with Crippen LogP contribution < -0.4 is 0 Å². The predicted octanol–water partition coefficient (Wildman–Crippen LogP) is 2.05. The fourth-order valence-electron chi connectivity index (χ4n) is 2.55. The van der Waals surface area contributed by atoms with Crippen LogP contribution in [0.15, 0.2) is 18.2 Å². The van der Waals surface area contributed by atoms with Crippen LogP contribution in [0, 0.1) is 13.8 Å². The molecule has 0 saturated carbocycles. The van der Waals surface area contributed by atoms with Crippen molar-refractivity contribution in [2.45, 2.75) is 26.2 Å². The smallest absolute Gasteiger partial charge is 0.211 e. The van der Waals surface area contributed by atoms with Gasteiger partial charge >= 0.3 is 0 Å². The maximum atomic E-state index is 11.5. The second-order valence-electron chi connectivity index (χ2n) is 5.03. The van der Waals surface area contributed by atoms with Crippen LogP contribution in [0.5, 0.6) is 0 Å². The summed E-state index contributed by atoms with van der Waals surface area (Å²) in [6, 6.07) is 6.49. The van der Waals surface area contributed by atoms with E-state index in [0.29, 0.717) is 19.0 Å². The quantitative estimate of drug-likeness (QED) is 0.809. The Morgan fingerprint density at radius 3 is 2.24 bits per heavy atom. The minimum Gasteiger partial charge on any atom is -0.213 e. The van der Waals surface area contributed by atoms with Gasteiger partial charge in [-0.25, -0.2) is 12.7 Å². The van der Waals surface area contributed by atoms with Crippen molar-refractivity contribution in [2.24, 2.45) is 0 Å². The third-order valence-electron chi connectivity index (χ3n) is 3.34. The molecule has 1 unspecified atom stereocenters. The third kappa shape index (κ3) is 2.87. The Morgan fingerprint density at radius 2 is 1.76 bits per heavy atom. The number of rotatable bonds is 2. The molecule has 1 fully saturated rings. The van der Waals surface area contributed by atoms with E-state index < -0.39 is 10.0 Å². The number of hydrogen-bond acceptors (Lipinski definition) is 2.